The van der Waals surface area contributed by atoms with Crippen LogP contribution >= 0.6 is 0 Å². The van der Waals surface area contributed by atoms with Crippen molar-refractivity contribution in [3.05, 3.63) is 12.3 Å². The van der Waals surface area contributed by atoms with Gasteiger partial charge in [0.2, 0.25) is 0 Å². The molecule has 0 aromatic heterocycles. The van der Waals surface area contributed by atoms with E-state index in [9.17, 15) is 0 Å². The van der Waals surface area contributed by atoms with Crippen LogP contribution in [0.1, 0.15) is 33.6 Å². The minimum Gasteiger partial charge on any atom is -0.371 e. The molecule has 0 bridgehead atoms. The van der Waals surface area contributed by atoms with Crippen molar-refractivity contribution in [3.8, 4) is 0 Å². The highest BCUT2D eigenvalue weighted by molar-refractivity contribution is 5.06. The summed E-state index contributed by atoms with van der Waals surface area (Å²) in [6.07, 6.45) is 2.66. The van der Waals surface area contributed by atoms with Crippen LogP contribution in [0.5, 0.6) is 0 Å². The minimum absolute atomic E-state index is 0.704. The van der Waals surface area contributed by atoms with Crippen molar-refractivity contribution in [2.24, 2.45) is 0 Å². The maximum atomic E-state index is 4.07. The Labute approximate surface area is 87.6 Å². The van der Waals surface area contributed by atoms with Crippen LogP contribution in [0.4, 0.5) is 0 Å². The SMILES string of the molecule is C=C(C)N1CC[C@H]2[C@@H]1CCN2C(C)C. The summed E-state index contributed by atoms with van der Waals surface area (Å²) in [7, 11) is 0. The number of likely N-dealkylation sites (tertiary alicyclic amines) is 2. The fourth-order valence-electron chi connectivity index (χ4n) is 3.13. The first-order valence-corrected chi connectivity index (χ1v) is 5.79. The van der Waals surface area contributed by atoms with Crippen LogP contribution in [0.2, 0.25) is 0 Å². The average Bonchev–Trinajstić information content (AvgIpc) is 2.59. The van der Waals surface area contributed by atoms with Gasteiger partial charge in [-0.15, -0.1) is 0 Å². The van der Waals surface area contributed by atoms with Gasteiger partial charge < -0.3 is 4.90 Å². The van der Waals surface area contributed by atoms with Crippen LogP contribution in [-0.2, 0) is 0 Å². The lowest BCUT2D eigenvalue weighted by atomic mass is 10.1. The van der Waals surface area contributed by atoms with Crippen LogP contribution < -0.4 is 0 Å². The summed E-state index contributed by atoms with van der Waals surface area (Å²) < 4.78 is 0. The van der Waals surface area contributed by atoms with E-state index in [2.05, 4.69) is 37.1 Å². The summed E-state index contributed by atoms with van der Waals surface area (Å²) in [6, 6.07) is 2.26. The van der Waals surface area contributed by atoms with Gasteiger partial charge in [-0.2, -0.15) is 0 Å². The number of hydrogen-bond donors (Lipinski definition) is 0. The van der Waals surface area contributed by atoms with Gasteiger partial charge in [-0.05, 0) is 33.6 Å². The molecule has 0 aromatic rings. The zero-order chi connectivity index (χ0) is 10.3. The highest BCUT2D eigenvalue weighted by Gasteiger charge is 2.42. The molecular weight excluding hydrogens is 172 g/mol. The normalized spacial score (nSPS) is 32.7. The van der Waals surface area contributed by atoms with E-state index in [1.807, 2.05) is 0 Å². The highest BCUT2D eigenvalue weighted by atomic mass is 15.3. The Balaban J connectivity index is 2.08. The summed E-state index contributed by atoms with van der Waals surface area (Å²) >= 11 is 0. The number of allylic oxidation sites excluding steroid dienone is 1. The largest absolute Gasteiger partial charge is 0.371 e. The molecule has 0 spiro atoms. The van der Waals surface area contributed by atoms with Crippen LogP contribution in [0.3, 0.4) is 0 Å². The Kier molecular flexibility index (Phi) is 2.56. The van der Waals surface area contributed by atoms with Gasteiger partial charge in [0, 0.05) is 36.9 Å². The predicted molar refractivity (Wildman–Crippen MR) is 60.2 cm³/mol. The molecule has 0 N–H and O–H groups in total. The molecule has 0 amide bonds. The van der Waals surface area contributed by atoms with E-state index in [-0.39, 0.29) is 0 Å². The monoisotopic (exact) mass is 194 g/mol. The van der Waals surface area contributed by atoms with Crippen molar-refractivity contribution >= 4 is 0 Å². The molecule has 2 rings (SSSR count). The van der Waals surface area contributed by atoms with E-state index in [1.165, 1.54) is 31.6 Å². The molecular formula is C12H22N2. The lowest BCUT2D eigenvalue weighted by Gasteiger charge is -2.29. The van der Waals surface area contributed by atoms with Crippen molar-refractivity contribution in [2.45, 2.75) is 51.7 Å². The van der Waals surface area contributed by atoms with Gasteiger partial charge in [0.05, 0.1) is 0 Å². The van der Waals surface area contributed by atoms with E-state index in [0.717, 1.165) is 12.1 Å². The second kappa shape index (κ2) is 3.58. The number of rotatable bonds is 2. The Morgan fingerprint density at radius 3 is 2.43 bits per heavy atom. The Morgan fingerprint density at radius 1 is 1.21 bits per heavy atom. The molecule has 2 nitrogen and oxygen atoms in total. The van der Waals surface area contributed by atoms with Gasteiger partial charge in [0.1, 0.15) is 0 Å². The zero-order valence-electron chi connectivity index (χ0n) is 9.66. The molecule has 0 unspecified atom stereocenters. The molecule has 2 aliphatic heterocycles. The fourth-order valence-corrected chi connectivity index (χ4v) is 3.13. The van der Waals surface area contributed by atoms with Crippen molar-refractivity contribution in [1.29, 1.82) is 0 Å². The van der Waals surface area contributed by atoms with Crippen LogP contribution in [-0.4, -0.2) is 41.0 Å². The molecule has 2 heteroatoms. The molecule has 0 aliphatic carbocycles. The van der Waals surface area contributed by atoms with E-state index in [1.54, 1.807) is 0 Å². The molecule has 2 aliphatic rings. The van der Waals surface area contributed by atoms with E-state index < -0.39 is 0 Å². The Bertz CT molecular complexity index is 234. The summed E-state index contributed by atoms with van der Waals surface area (Å²) in [5.74, 6) is 0. The first kappa shape index (κ1) is 10.0. The second-order valence-electron chi connectivity index (χ2n) is 4.97. The summed E-state index contributed by atoms with van der Waals surface area (Å²) in [5.41, 5.74) is 1.25. The van der Waals surface area contributed by atoms with Gasteiger partial charge in [-0.3, -0.25) is 4.90 Å². The van der Waals surface area contributed by atoms with Crippen LogP contribution in [0, 0.1) is 0 Å². The maximum Gasteiger partial charge on any atom is 0.0455 e. The van der Waals surface area contributed by atoms with Crippen molar-refractivity contribution in [3.63, 3.8) is 0 Å². The van der Waals surface area contributed by atoms with E-state index >= 15 is 0 Å². The molecule has 2 atom stereocenters. The van der Waals surface area contributed by atoms with Gasteiger partial charge in [-0.1, -0.05) is 6.58 Å². The first-order valence-electron chi connectivity index (χ1n) is 5.79. The Hall–Kier alpha value is -0.500. The number of nitrogens with zero attached hydrogens (tertiary/aromatic N) is 2. The zero-order valence-corrected chi connectivity index (χ0v) is 9.66. The minimum atomic E-state index is 0.704. The lowest BCUT2D eigenvalue weighted by Crippen LogP contribution is -2.39. The summed E-state index contributed by atoms with van der Waals surface area (Å²) in [4.78, 5) is 5.17. The molecule has 0 aromatic carbocycles. The molecule has 2 heterocycles. The molecule has 0 saturated carbocycles. The molecule has 2 saturated heterocycles. The molecule has 80 valence electrons. The third-order valence-electron chi connectivity index (χ3n) is 3.77. The fraction of sp³-hybridized carbons (Fsp3) is 0.833. The quantitative estimate of drug-likeness (QED) is 0.664. The summed E-state index contributed by atoms with van der Waals surface area (Å²) in [5, 5.41) is 0. The van der Waals surface area contributed by atoms with Gasteiger partial charge >= 0.3 is 0 Å². The molecule has 14 heavy (non-hydrogen) atoms. The van der Waals surface area contributed by atoms with E-state index in [0.29, 0.717) is 6.04 Å². The second-order valence-corrected chi connectivity index (χ2v) is 4.97. The topological polar surface area (TPSA) is 6.48 Å². The lowest BCUT2D eigenvalue weighted by molar-refractivity contribution is 0.197. The number of fused-ring (bicyclic) bond motifs is 1. The average molecular weight is 194 g/mol. The molecule has 2 fully saturated rings. The van der Waals surface area contributed by atoms with Crippen LogP contribution in [0.15, 0.2) is 12.3 Å². The van der Waals surface area contributed by atoms with Crippen LogP contribution in [0.25, 0.3) is 0 Å². The van der Waals surface area contributed by atoms with Gasteiger partial charge in [-0.25, -0.2) is 0 Å². The molecule has 0 radical (unpaired) electrons. The van der Waals surface area contributed by atoms with Crippen molar-refractivity contribution in [2.75, 3.05) is 13.1 Å². The third-order valence-corrected chi connectivity index (χ3v) is 3.77. The Morgan fingerprint density at radius 2 is 1.86 bits per heavy atom. The maximum absolute atomic E-state index is 4.07. The van der Waals surface area contributed by atoms with Crippen molar-refractivity contribution < 1.29 is 0 Å². The number of hydrogen-bond acceptors (Lipinski definition) is 2. The smallest absolute Gasteiger partial charge is 0.0455 e. The first-order chi connectivity index (χ1) is 6.61. The van der Waals surface area contributed by atoms with Crippen molar-refractivity contribution in [1.82, 2.24) is 9.80 Å². The van der Waals surface area contributed by atoms with E-state index in [4.69, 9.17) is 0 Å². The standard InChI is InChI=1S/C12H22N2/c1-9(2)13-7-5-12-11(13)6-8-14(12)10(3)4/h10-12H,1,5-8H2,2-4H3/t11-,12-/m0/s1. The predicted octanol–water partition coefficient (Wildman–Crippen LogP) is 2.08. The summed E-state index contributed by atoms with van der Waals surface area (Å²) in [6.45, 7) is 13.3. The van der Waals surface area contributed by atoms with Gasteiger partial charge in [0.15, 0.2) is 0 Å². The van der Waals surface area contributed by atoms with Gasteiger partial charge in [0.25, 0.3) is 0 Å². The third kappa shape index (κ3) is 1.46. The highest BCUT2D eigenvalue weighted by Crippen LogP contribution is 2.34.